The van der Waals surface area contributed by atoms with E-state index < -0.39 is 6.85 Å². The topological polar surface area (TPSA) is 33.2 Å². The molecular weight excluding hydrogens is 345 g/mol. The number of allylic oxidation sites excluding steroid dienone is 1. The van der Waals surface area contributed by atoms with Crippen molar-refractivity contribution in [2.75, 3.05) is 7.05 Å². The molecule has 3 aromatic heterocycles. The smallest absolute Gasteiger partial charge is 0.443 e. The van der Waals surface area contributed by atoms with E-state index in [-0.39, 0.29) is 12.4 Å². The summed E-state index contributed by atoms with van der Waals surface area (Å²) in [6.45, 7) is -2.56. The molecule has 0 atom stereocenters. The van der Waals surface area contributed by atoms with E-state index in [1.165, 1.54) is 0 Å². The molecular formula is C23H21BN3O+. The van der Waals surface area contributed by atoms with Gasteiger partial charge in [-0.25, -0.2) is 9.55 Å². The normalized spacial score (nSPS) is 15.6. The molecule has 0 spiro atoms. The van der Waals surface area contributed by atoms with E-state index >= 15 is 0 Å². The molecule has 1 aliphatic rings. The van der Waals surface area contributed by atoms with Crippen LogP contribution in [0.1, 0.15) is 16.5 Å². The van der Waals surface area contributed by atoms with Crippen molar-refractivity contribution < 1.29 is 13.1 Å². The summed E-state index contributed by atoms with van der Waals surface area (Å²) in [4.78, 5) is 6.25. The van der Waals surface area contributed by atoms with Crippen LogP contribution in [0, 0.1) is 0 Å². The summed E-state index contributed by atoms with van der Waals surface area (Å²) in [6.07, 6.45) is 5.40. The van der Waals surface area contributed by atoms with E-state index in [2.05, 4.69) is 29.2 Å². The second-order valence-electron chi connectivity index (χ2n) is 7.13. The highest BCUT2D eigenvalue weighted by Crippen LogP contribution is 2.28. The lowest BCUT2D eigenvalue weighted by Crippen LogP contribution is -2.65. The van der Waals surface area contributed by atoms with Crippen molar-refractivity contribution in [1.82, 2.24) is 9.79 Å². The zero-order valence-electron chi connectivity index (χ0n) is 18.8. The molecule has 1 aliphatic heterocycles. The molecule has 0 bridgehead atoms. The minimum Gasteiger partial charge on any atom is -0.449 e. The van der Waals surface area contributed by atoms with Gasteiger partial charge in [-0.1, -0.05) is 30.3 Å². The first-order valence-corrected chi connectivity index (χ1v) is 9.21. The number of aryl methyl sites for hydroxylation is 1. The zero-order chi connectivity index (χ0) is 21.8. The van der Waals surface area contributed by atoms with Gasteiger partial charge in [0.1, 0.15) is 12.7 Å². The van der Waals surface area contributed by atoms with E-state index in [9.17, 15) is 0 Å². The minimum atomic E-state index is -2.27. The molecule has 5 rings (SSSR count). The number of rotatable bonds is 2. The standard InChI is InChI=1S/C23H21BN3O/c1-16-15-27(3)24(22-21(16)19-10-7-12-25-23(19)28-22)20-14-18(11-13-26(20)2)17-8-5-4-6-9-17/h4-15H,1-3H3/q+1/i1D3. The Hall–Kier alpha value is -3.34. The Balaban J connectivity index is 1.75. The number of nitrogens with zero attached hydrogens (tertiary/aromatic N) is 3. The largest absolute Gasteiger partial charge is 0.449 e. The van der Waals surface area contributed by atoms with Gasteiger partial charge in [0.05, 0.1) is 0 Å². The summed E-state index contributed by atoms with van der Waals surface area (Å²) >= 11 is 0. The monoisotopic (exact) mass is 369 g/mol. The van der Waals surface area contributed by atoms with E-state index in [4.69, 9.17) is 8.53 Å². The Morgan fingerprint density at radius 1 is 1.11 bits per heavy atom. The molecule has 0 N–H and O–H groups in total. The summed E-state index contributed by atoms with van der Waals surface area (Å²) in [5.41, 5.74) is 5.14. The highest BCUT2D eigenvalue weighted by Gasteiger charge is 2.41. The van der Waals surface area contributed by atoms with Crippen LogP contribution in [0.4, 0.5) is 0 Å². The fourth-order valence-electron chi connectivity index (χ4n) is 3.96. The van der Waals surface area contributed by atoms with Crippen LogP contribution in [0.3, 0.4) is 0 Å². The Kier molecular flexibility index (Phi) is 3.14. The molecule has 28 heavy (non-hydrogen) atoms. The number of hydrogen-bond donors (Lipinski definition) is 0. The van der Waals surface area contributed by atoms with E-state index in [1.54, 1.807) is 18.5 Å². The Morgan fingerprint density at radius 2 is 1.96 bits per heavy atom. The molecule has 5 heteroatoms. The Bertz CT molecular complexity index is 1310. The maximum atomic E-state index is 8.09. The molecule has 0 aliphatic carbocycles. The quantitative estimate of drug-likeness (QED) is 0.402. The van der Waals surface area contributed by atoms with Crippen molar-refractivity contribution in [2.24, 2.45) is 7.05 Å². The number of benzene rings is 1. The second-order valence-corrected chi connectivity index (χ2v) is 7.13. The maximum Gasteiger partial charge on any atom is 0.443 e. The van der Waals surface area contributed by atoms with Crippen LogP contribution in [-0.2, 0) is 7.05 Å². The molecule has 0 saturated carbocycles. The van der Waals surface area contributed by atoms with E-state index in [1.807, 2.05) is 53.9 Å². The first-order chi connectivity index (χ1) is 14.8. The van der Waals surface area contributed by atoms with Gasteiger partial charge in [0.25, 0.3) is 0 Å². The predicted molar refractivity (Wildman–Crippen MR) is 113 cm³/mol. The summed E-state index contributed by atoms with van der Waals surface area (Å²) in [7, 11) is 3.87. The Morgan fingerprint density at radius 3 is 2.79 bits per heavy atom. The van der Waals surface area contributed by atoms with Gasteiger partial charge < -0.3 is 9.23 Å². The number of aromatic nitrogens is 2. The third-order valence-electron chi connectivity index (χ3n) is 5.33. The molecule has 4 nitrogen and oxygen atoms in total. The van der Waals surface area contributed by atoms with Crippen LogP contribution in [0.25, 0.3) is 27.8 Å². The second kappa shape index (κ2) is 6.38. The van der Waals surface area contributed by atoms with Gasteiger partial charge in [0.15, 0.2) is 11.8 Å². The van der Waals surface area contributed by atoms with Crippen molar-refractivity contribution in [3.8, 4) is 11.1 Å². The average molecular weight is 369 g/mol. The van der Waals surface area contributed by atoms with Crippen LogP contribution in [0.5, 0.6) is 0 Å². The molecule has 0 radical (unpaired) electrons. The number of fused-ring (bicyclic) bond motifs is 3. The van der Waals surface area contributed by atoms with Crippen molar-refractivity contribution in [1.29, 1.82) is 0 Å². The zero-order valence-corrected chi connectivity index (χ0v) is 15.8. The number of hydrogen-bond acceptors (Lipinski definition) is 3. The van der Waals surface area contributed by atoms with Gasteiger partial charge >= 0.3 is 6.85 Å². The molecule has 1 aromatic carbocycles. The summed E-state index contributed by atoms with van der Waals surface area (Å²) in [5.74, 6) is 0. The van der Waals surface area contributed by atoms with E-state index in [0.29, 0.717) is 16.9 Å². The first-order valence-electron chi connectivity index (χ1n) is 10.7. The van der Waals surface area contributed by atoms with Crippen LogP contribution >= 0.6 is 0 Å². The average Bonchev–Trinajstić information content (AvgIpc) is 3.13. The Labute approximate surface area is 169 Å². The molecule has 0 saturated heterocycles. The predicted octanol–water partition coefficient (Wildman–Crippen LogP) is 2.73. The summed E-state index contributed by atoms with van der Waals surface area (Å²) in [5, 5.41) is 0.722. The van der Waals surface area contributed by atoms with Gasteiger partial charge in [-0.15, -0.1) is 0 Å². The lowest BCUT2D eigenvalue weighted by atomic mass is 9.51. The van der Waals surface area contributed by atoms with Crippen molar-refractivity contribution >= 4 is 34.8 Å². The fraction of sp³-hybridized carbons (Fsp3) is 0.130. The molecule has 4 heterocycles. The number of furan rings is 1. The maximum absolute atomic E-state index is 8.09. The third-order valence-corrected chi connectivity index (χ3v) is 5.33. The first kappa shape index (κ1) is 13.8. The van der Waals surface area contributed by atoms with Gasteiger partial charge in [-0.3, -0.25) is 0 Å². The SMILES string of the molecule is [2H]C([2H])([2H])C1=CN(C)B(c2cc(-c3ccccc3)cc[n+]2C)c2oc3ncccc3c21. The van der Waals surface area contributed by atoms with Gasteiger partial charge in [0.2, 0.25) is 5.71 Å². The lowest BCUT2D eigenvalue weighted by Gasteiger charge is -2.26. The fourth-order valence-corrected chi connectivity index (χ4v) is 3.96. The summed E-state index contributed by atoms with van der Waals surface area (Å²) in [6, 6.07) is 18.1. The van der Waals surface area contributed by atoms with Crippen LogP contribution in [0.15, 0.2) is 77.6 Å². The van der Waals surface area contributed by atoms with Crippen LogP contribution in [0.2, 0.25) is 0 Å². The minimum absolute atomic E-state index is 0.273. The van der Waals surface area contributed by atoms with Crippen LogP contribution < -0.4 is 15.8 Å². The van der Waals surface area contributed by atoms with Crippen LogP contribution in [-0.4, -0.2) is 23.7 Å². The van der Waals surface area contributed by atoms with Crippen molar-refractivity contribution in [3.63, 3.8) is 0 Å². The van der Waals surface area contributed by atoms with Gasteiger partial charge in [-0.2, -0.15) is 0 Å². The highest BCUT2D eigenvalue weighted by molar-refractivity contribution is 6.82. The molecule has 0 amide bonds. The third kappa shape index (κ3) is 2.54. The molecule has 0 fully saturated rings. The summed E-state index contributed by atoms with van der Waals surface area (Å²) < 4.78 is 32.5. The number of pyridine rings is 2. The van der Waals surface area contributed by atoms with Crippen molar-refractivity contribution in [2.45, 2.75) is 6.85 Å². The van der Waals surface area contributed by atoms with Gasteiger partial charge in [0, 0.05) is 33.4 Å². The van der Waals surface area contributed by atoms with E-state index in [0.717, 1.165) is 22.1 Å². The molecule has 4 aromatic rings. The molecule has 0 unspecified atom stereocenters. The molecule has 136 valence electrons. The highest BCUT2D eigenvalue weighted by atomic mass is 16.3. The van der Waals surface area contributed by atoms with Crippen molar-refractivity contribution in [3.05, 3.63) is 78.8 Å². The van der Waals surface area contributed by atoms with Gasteiger partial charge in [-0.05, 0) is 48.9 Å². The lowest BCUT2D eigenvalue weighted by molar-refractivity contribution is -0.654.